The first-order valence-electron chi connectivity index (χ1n) is 6.97. The van der Waals surface area contributed by atoms with E-state index in [0.29, 0.717) is 12.0 Å². The average molecular weight is 318 g/mol. The summed E-state index contributed by atoms with van der Waals surface area (Å²) in [5.41, 5.74) is -0.973. The van der Waals surface area contributed by atoms with Crippen molar-refractivity contribution in [1.29, 1.82) is 0 Å². The van der Waals surface area contributed by atoms with Gasteiger partial charge in [-0.15, -0.1) is 13.2 Å². The summed E-state index contributed by atoms with van der Waals surface area (Å²) in [6.45, 7) is 8.83. The number of hydrogen-bond acceptors (Lipinski definition) is 3. The zero-order valence-corrected chi connectivity index (χ0v) is 13.4. The van der Waals surface area contributed by atoms with Crippen LogP contribution in [0.1, 0.15) is 46.6 Å². The molecule has 22 heavy (non-hydrogen) atoms. The summed E-state index contributed by atoms with van der Waals surface area (Å²) in [4.78, 5) is 12.1. The lowest BCUT2D eigenvalue weighted by Crippen LogP contribution is -2.33. The maximum absolute atomic E-state index is 12.1. The van der Waals surface area contributed by atoms with E-state index in [2.05, 4.69) is 4.74 Å². The second kappa shape index (κ2) is 6.18. The fraction of sp³-hybridized carbons (Fsp3) is 0.562. The molecule has 0 spiro atoms. The minimum absolute atomic E-state index is 0.313. The molecule has 0 saturated heterocycles. The van der Waals surface area contributed by atoms with Gasteiger partial charge in [-0.3, -0.25) is 4.79 Å². The lowest BCUT2D eigenvalue weighted by molar-refractivity contribution is -0.274. The summed E-state index contributed by atoms with van der Waals surface area (Å²) < 4.78 is 45.7. The third-order valence-corrected chi connectivity index (χ3v) is 3.57. The number of ether oxygens (including phenoxy) is 2. The SMILES string of the molecule is CCC(C)(C)C(=O)OC(C)(C)c1ccc(OC(F)(F)F)cc1. The lowest BCUT2D eigenvalue weighted by atomic mass is 9.89. The lowest BCUT2D eigenvalue weighted by Gasteiger charge is -2.30. The molecule has 1 rings (SSSR count). The molecule has 0 N–H and O–H groups in total. The third-order valence-electron chi connectivity index (χ3n) is 3.57. The van der Waals surface area contributed by atoms with Gasteiger partial charge in [-0.2, -0.15) is 0 Å². The van der Waals surface area contributed by atoms with Gasteiger partial charge in [-0.25, -0.2) is 0 Å². The van der Waals surface area contributed by atoms with Crippen LogP contribution in [0.25, 0.3) is 0 Å². The molecule has 0 aliphatic carbocycles. The molecule has 0 fully saturated rings. The Balaban J connectivity index is 2.88. The fourth-order valence-electron chi connectivity index (χ4n) is 1.63. The largest absolute Gasteiger partial charge is 0.573 e. The third kappa shape index (κ3) is 4.93. The Morgan fingerprint density at radius 1 is 1.05 bits per heavy atom. The van der Waals surface area contributed by atoms with E-state index in [9.17, 15) is 18.0 Å². The number of rotatable bonds is 5. The van der Waals surface area contributed by atoms with E-state index >= 15 is 0 Å². The Kier molecular flexibility index (Phi) is 5.15. The van der Waals surface area contributed by atoms with E-state index in [1.165, 1.54) is 24.3 Å². The molecular weight excluding hydrogens is 297 g/mol. The van der Waals surface area contributed by atoms with Crippen LogP contribution in [0.3, 0.4) is 0 Å². The first kappa shape index (κ1) is 18.3. The number of carbonyl (C=O) groups excluding carboxylic acids is 1. The molecule has 0 bridgehead atoms. The maximum atomic E-state index is 12.1. The molecule has 0 aromatic heterocycles. The van der Waals surface area contributed by atoms with Crippen LogP contribution in [0, 0.1) is 5.41 Å². The second-order valence-electron chi connectivity index (χ2n) is 6.21. The molecule has 0 unspecified atom stereocenters. The highest BCUT2D eigenvalue weighted by Crippen LogP contribution is 2.32. The van der Waals surface area contributed by atoms with Gasteiger partial charge in [-0.1, -0.05) is 19.1 Å². The first-order valence-corrected chi connectivity index (χ1v) is 6.97. The van der Waals surface area contributed by atoms with Gasteiger partial charge in [0.25, 0.3) is 0 Å². The van der Waals surface area contributed by atoms with Crippen LogP contribution in [0.5, 0.6) is 5.75 Å². The van der Waals surface area contributed by atoms with Crippen LogP contribution in [-0.4, -0.2) is 12.3 Å². The van der Waals surface area contributed by atoms with E-state index in [1.807, 2.05) is 6.92 Å². The van der Waals surface area contributed by atoms with E-state index < -0.39 is 17.4 Å². The van der Waals surface area contributed by atoms with Crippen LogP contribution < -0.4 is 4.74 Å². The van der Waals surface area contributed by atoms with E-state index in [4.69, 9.17) is 4.74 Å². The topological polar surface area (TPSA) is 35.5 Å². The number of benzene rings is 1. The van der Waals surface area contributed by atoms with Gasteiger partial charge < -0.3 is 9.47 Å². The highest BCUT2D eigenvalue weighted by Gasteiger charge is 2.34. The van der Waals surface area contributed by atoms with Gasteiger partial charge in [0.1, 0.15) is 11.4 Å². The van der Waals surface area contributed by atoms with E-state index in [0.717, 1.165) is 0 Å². The van der Waals surface area contributed by atoms with Crippen LogP contribution in [0.15, 0.2) is 24.3 Å². The molecule has 1 aromatic rings. The van der Waals surface area contributed by atoms with Crippen molar-refractivity contribution in [3.8, 4) is 5.75 Å². The molecule has 0 aliphatic heterocycles. The maximum Gasteiger partial charge on any atom is 0.573 e. The summed E-state index contributed by atoms with van der Waals surface area (Å²) >= 11 is 0. The Morgan fingerprint density at radius 3 is 1.95 bits per heavy atom. The fourth-order valence-corrected chi connectivity index (χ4v) is 1.63. The zero-order valence-electron chi connectivity index (χ0n) is 13.4. The summed E-state index contributed by atoms with van der Waals surface area (Å²) in [6.07, 6.45) is -4.10. The van der Waals surface area contributed by atoms with Crippen LogP contribution in [-0.2, 0) is 15.1 Å². The Bertz CT molecular complexity index is 516. The summed E-state index contributed by atoms with van der Waals surface area (Å²) in [7, 11) is 0. The van der Waals surface area contributed by atoms with Gasteiger partial charge in [0.05, 0.1) is 5.41 Å². The van der Waals surface area contributed by atoms with Crippen molar-refractivity contribution in [1.82, 2.24) is 0 Å². The monoisotopic (exact) mass is 318 g/mol. The molecule has 3 nitrogen and oxygen atoms in total. The number of esters is 1. The predicted octanol–water partition coefficient (Wildman–Crippen LogP) is 4.80. The van der Waals surface area contributed by atoms with Gasteiger partial charge >= 0.3 is 12.3 Å². The minimum Gasteiger partial charge on any atom is -0.454 e. The van der Waals surface area contributed by atoms with Gasteiger partial charge in [0, 0.05) is 0 Å². The van der Waals surface area contributed by atoms with Crippen molar-refractivity contribution in [2.24, 2.45) is 5.41 Å². The molecule has 1 aromatic carbocycles. The average Bonchev–Trinajstić information content (AvgIpc) is 2.36. The van der Waals surface area contributed by atoms with Crippen molar-refractivity contribution in [3.63, 3.8) is 0 Å². The summed E-state index contributed by atoms with van der Waals surface area (Å²) in [5.74, 6) is -0.664. The predicted molar refractivity (Wildman–Crippen MR) is 76.3 cm³/mol. The summed E-state index contributed by atoms with van der Waals surface area (Å²) in [6, 6.07) is 5.30. The second-order valence-corrected chi connectivity index (χ2v) is 6.21. The van der Waals surface area contributed by atoms with Crippen molar-refractivity contribution in [2.75, 3.05) is 0 Å². The molecule has 0 radical (unpaired) electrons. The highest BCUT2D eigenvalue weighted by molar-refractivity contribution is 5.76. The van der Waals surface area contributed by atoms with E-state index in [1.54, 1.807) is 27.7 Å². The Labute approximate surface area is 128 Å². The Hall–Kier alpha value is -1.72. The molecule has 0 saturated carbocycles. The summed E-state index contributed by atoms with van der Waals surface area (Å²) in [5, 5.41) is 0. The smallest absolute Gasteiger partial charge is 0.454 e. The first-order chi connectivity index (χ1) is 9.87. The van der Waals surface area contributed by atoms with Crippen molar-refractivity contribution >= 4 is 5.97 Å². The van der Waals surface area contributed by atoms with Crippen LogP contribution in [0.4, 0.5) is 13.2 Å². The number of carbonyl (C=O) groups is 1. The van der Waals surface area contributed by atoms with Crippen molar-refractivity contribution in [3.05, 3.63) is 29.8 Å². The molecule has 6 heteroatoms. The van der Waals surface area contributed by atoms with Gasteiger partial charge in [0.15, 0.2) is 0 Å². The van der Waals surface area contributed by atoms with Crippen molar-refractivity contribution < 1.29 is 27.4 Å². The number of halogens is 3. The molecule has 0 heterocycles. The minimum atomic E-state index is -4.73. The molecule has 124 valence electrons. The zero-order chi connectivity index (χ0) is 17.2. The molecule has 0 atom stereocenters. The molecular formula is C16H21F3O3. The van der Waals surface area contributed by atoms with Crippen LogP contribution >= 0.6 is 0 Å². The van der Waals surface area contributed by atoms with Gasteiger partial charge in [0.2, 0.25) is 0 Å². The van der Waals surface area contributed by atoms with E-state index in [-0.39, 0.29) is 11.7 Å². The standard InChI is InChI=1S/C16H21F3O3/c1-6-14(2,3)13(20)22-15(4,5)11-7-9-12(10-8-11)21-16(17,18)19/h7-10H,6H2,1-5H3. The normalized spacial score (nSPS) is 12.9. The number of hydrogen-bond donors (Lipinski definition) is 0. The van der Waals surface area contributed by atoms with Crippen LogP contribution in [0.2, 0.25) is 0 Å². The molecule has 0 aliphatic rings. The Morgan fingerprint density at radius 2 is 1.55 bits per heavy atom. The van der Waals surface area contributed by atoms with Crippen molar-refractivity contribution in [2.45, 2.75) is 53.0 Å². The molecule has 0 amide bonds. The quantitative estimate of drug-likeness (QED) is 0.732. The number of alkyl halides is 3. The van der Waals surface area contributed by atoms with Gasteiger partial charge in [-0.05, 0) is 51.8 Å². The highest BCUT2D eigenvalue weighted by atomic mass is 19.4.